The maximum Gasteiger partial charge on any atom is 0.246 e. The molecule has 4 rings (SSSR count). The molecule has 3 saturated heterocycles. The van der Waals surface area contributed by atoms with Crippen LogP contribution in [0.5, 0.6) is 0 Å². The summed E-state index contributed by atoms with van der Waals surface area (Å²) in [6.07, 6.45) is 5.84. The fourth-order valence-electron chi connectivity index (χ4n) is 4.79. The van der Waals surface area contributed by atoms with Crippen LogP contribution < -0.4 is 0 Å². The van der Waals surface area contributed by atoms with E-state index in [9.17, 15) is 9.59 Å². The number of likely N-dealkylation sites (tertiary alicyclic amines) is 1. The Hall–Kier alpha value is -1.49. The Morgan fingerprint density at radius 1 is 1.27 bits per heavy atom. The molecule has 3 unspecified atom stereocenters. The van der Waals surface area contributed by atoms with E-state index in [-0.39, 0.29) is 28.8 Å². The van der Waals surface area contributed by atoms with Crippen LogP contribution in [0.2, 0.25) is 0 Å². The lowest BCUT2D eigenvalue weighted by Gasteiger charge is -2.36. The highest BCUT2D eigenvalue weighted by Gasteiger charge is 2.54. The largest absolute Gasteiger partial charge is 0.334 e. The van der Waals surface area contributed by atoms with Gasteiger partial charge < -0.3 is 9.80 Å². The third kappa shape index (κ3) is 3.04. The van der Waals surface area contributed by atoms with Gasteiger partial charge in [0.2, 0.25) is 11.8 Å². The molecular formula is C21H28N2O2S. The highest BCUT2D eigenvalue weighted by molar-refractivity contribution is 8.01. The van der Waals surface area contributed by atoms with Gasteiger partial charge in [-0.3, -0.25) is 9.59 Å². The van der Waals surface area contributed by atoms with Crippen molar-refractivity contribution in [1.82, 2.24) is 9.80 Å². The number of carbonyl (C=O) groups excluding carboxylic acids is 2. The number of amides is 2. The highest BCUT2D eigenvalue weighted by Crippen LogP contribution is 2.48. The zero-order chi connectivity index (χ0) is 18.3. The van der Waals surface area contributed by atoms with Crippen molar-refractivity contribution < 1.29 is 9.59 Å². The van der Waals surface area contributed by atoms with Crippen molar-refractivity contribution in [2.45, 2.75) is 69.3 Å². The molecule has 3 aliphatic heterocycles. The molecule has 0 saturated carbocycles. The van der Waals surface area contributed by atoms with Crippen LogP contribution in [-0.4, -0.2) is 44.8 Å². The zero-order valence-electron chi connectivity index (χ0n) is 15.7. The van der Waals surface area contributed by atoms with Gasteiger partial charge in [0, 0.05) is 18.7 Å². The summed E-state index contributed by atoms with van der Waals surface area (Å²) in [6, 6.07) is 8.41. The molecule has 3 fully saturated rings. The topological polar surface area (TPSA) is 40.6 Å². The van der Waals surface area contributed by atoms with Crippen LogP contribution >= 0.6 is 11.8 Å². The van der Waals surface area contributed by atoms with Crippen LogP contribution in [0.4, 0.5) is 0 Å². The minimum atomic E-state index is -0.287. The Kier molecular flexibility index (Phi) is 4.76. The first-order chi connectivity index (χ1) is 12.5. The molecule has 0 radical (unpaired) electrons. The average molecular weight is 373 g/mol. The summed E-state index contributed by atoms with van der Waals surface area (Å²) in [6.45, 7) is 5.03. The standard InChI is InChI=1S/C21H28N2O2S/c1-15-7-6-8-16(13-15)17-9-4-3-5-12-22(17)20(25)18-14-26-21(2)11-10-19(24)23(18)21/h6-8,13,17-18H,3-5,9-12,14H2,1-2H3. The fraction of sp³-hybridized carbons (Fsp3) is 0.619. The highest BCUT2D eigenvalue weighted by atomic mass is 32.2. The predicted molar refractivity (Wildman–Crippen MR) is 105 cm³/mol. The maximum atomic E-state index is 13.6. The molecule has 4 nitrogen and oxygen atoms in total. The number of thioether (sulfide) groups is 1. The molecule has 0 spiro atoms. The van der Waals surface area contributed by atoms with Gasteiger partial charge in [0.15, 0.2) is 0 Å². The van der Waals surface area contributed by atoms with E-state index in [1.807, 2.05) is 4.90 Å². The Morgan fingerprint density at radius 2 is 2.12 bits per heavy atom. The van der Waals surface area contributed by atoms with Crippen LogP contribution in [0.25, 0.3) is 0 Å². The van der Waals surface area contributed by atoms with E-state index in [1.165, 1.54) is 17.5 Å². The second kappa shape index (κ2) is 6.91. The van der Waals surface area contributed by atoms with Gasteiger partial charge in [0.25, 0.3) is 0 Å². The quantitative estimate of drug-likeness (QED) is 0.791. The Balaban J connectivity index is 1.63. The van der Waals surface area contributed by atoms with Crippen LogP contribution in [0.1, 0.15) is 62.6 Å². The van der Waals surface area contributed by atoms with Gasteiger partial charge in [-0.25, -0.2) is 0 Å². The Labute approximate surface area is 160 Å². The second-order valence-electron chi connectivity index (χ2n) is 8.08. The number of nitrogens with zero attached hydrogens (tertiary/aromatic N) is 2. The lowest BCUT2D eigenvalue weighted by molar-refractivity contribution is -0.145. The van der Waals surface area contributed by atoms with E-state index >= 15 is 0 Å². The van der Waals surface area contributed by atoms with Gasteiger partial charge in [-0.2, -0.15) is 0 Å². The number of benzene rings is 1. The molecule has 5 heteroatoms. The van der Waals surface area contributed by atoms with Crippen molar-refractivity contribution in [1.29, 1.82) is 0 Å². The van der Waals surface area contributed by atoms with E-state index in [2.05, 4.69) is 43.0 Å². The third-order valence-electron chi connectivity index (χ3n) is 6.19. The SMILES string of the molecule is Cc1cccc(C2CCCCCN2C(=O)C2CSC3(C)CCC(=O)N23)c1. The number of hydrogen-bond donors (Lipinski definition) is 0. The van der Waals surface area contributed by atoms with Crippen LogP contribution in [0.15, 0.2) is 24.3 Å². The molecule has 0 aliphatic carbocycles. The van der Waals surface area contributed by atoms with Crippen molar-refractivity contribution >= 4 is 23.6 Å². The molecule has 3 atom stereocenters. The molecule has 26 heavy (non-hydrogen) atoms. The summed E-state index contributed by atoms with van der Waals surface area (Å²) in [5, 5.41) is 0. The molecule has 3 aliphatic rings. The lowest BCUT2D eigenvalue weighted by Crippen LogP contribution is -2.52. The monoisotopic (exact) mass is 372 g/mol. The molecule has 1 aromatic rings. The van der Waals surface area contributed by atoms with E-state index in [1.54, 1.807) is 11.8 Å². The smallest absolute Gasteiger partial charge is 0.246 e. The summed E-state index contributed by atoms with van der Waals surface area (Å²) in [7, 11) is 0. The van der Waals surface area contributed by atoms with Gasteiger partial charge in [-0.15, -0.1) is 11.8 Å². The Bertz CT molecular complexity index is 722. The molecule has 0 bridgehead atoms. The van der Waals surface area contributed by atoms with Crippen molar-refractivity contribution in [3.8, 4) is 0 Å². The van der Waals surface area contributed by atoms with Crippen LogP contribution in [0, 0.1) is 6.92 Å². The molecule has 140 valence electrons. The van der Waals surface area contributed by atoms with Gasteiger partial charge in [0.1, 0.15) is 6.04 Å². The normalized spacial score (nSPS) is 31.8. The minimum Gasteiger partial charge on any atom is -0.334 e. The first-order valence-electron chi connectivity index (χ1n) is 9.83. The first-order valence-corrected chi connectivity index (χ1v) is 10.8. The molecule has 3 heterocycles. The number of rotatable bonds is 2. The molecule has 0 aromatic heterocycles. The van der Waals surface area contributed by atoms with E-state index in [0.29, 0.717) is 6.42 Å². The molecule has 0 N–H and O–H groups in total. The lowest BCUT2D eigenvalue weighted by atomic mass is 9.98. The second-order valence-corrected chi connectivity index (χ2v) is 9.58. The summed E-state index contributed by atoms with van der Waals surface area (Å²) in [5.41, 5.74) is 2.47. The maximum absolute atomic E-state index is 13.6. The number of carbonyl (C=O) groups is 2. The first kappa shape index (κ1) is 17.9. The molecular weight excluding hydrogens is 344 g/mol. The van der Waals surface area contributed by atoms with Crippen molar-refractivity contribution in [3.05, 3.63) is 35.4 Å². The summed E-state index contributed by atoms with van der Waals surface area (Å²) >= 11 is 1.78. The summed E-state index contributed by atoms with van der Waals surface area (Å²) < 4.78 is 0. The number of hydrogen-bond acceptors (Lipinski definition) is 3. The van der Waals surface area contributed by atoms with Gasteiger partial charge >= 0.3 is 0 Å². The van der Waals surface area contributed by atoms with Crippen molar-refractivity contribution in [2.24, 2.45) is 0 Å². The van der Waals surface area contributed by atoms with Gasteiger partial charge in [0.05, 0.1) is 10.9 Å². The predicted octanol–water partition coefficient (Wildman–Crippen LogP) is 3.89. The van der Waals surface area contributed by atoms with Crippen LogP contribution in [-0.2, 0) is 9.59 Å². The van der Waals surface area contributed by atoms with Gasteiger partial charge in [-0.05, 0) is 38.7 Å². The number of fused-ring (bicyclic) bond motifs is 1. The van der Waals surface area contributed by atoms with E-state index in [0.717, 1.165) is 38.0 Å². The fourth-order valence-corrected chi connectivity index (χ4v) is 6.21. The Morgan fingerprint density at radius 3 is 2.92 bits per heavy atom. The number of aryl methyl sites for hydroxylation is 1. The summed E-state index contributed by atoms with van der Waals surface area (Å²) in [4.78, 5) is 29.8. The van der Waals surface area contributed by atoms with Gasteiger partial charge in [-0.1, -0.05) is 42.7 Å². The molecule has 1 aromatic carbocycles. The van der Waals surface area contributed by atoms with Crippen LogP contribution in [0.3, 0.4) is 0 Å². The third-order valence-corrected chi connectivity index (χ3v) is 7.70. The molecule has 2 amide bonds. The average Bonchev–Trinajstić information content (AvgIpc) is 2.98. The summed E-state index contributed by atoms with van der Waals surface area (Å²) in [5.74, 6) is 1.04. The zero-order valence-corrected chi connectivity index (χ0v) is 16.6. The van der Waals surface area contributed by atoms with E-state index in [4.69, 9.17) is 0 Å². The van der Waals surface area contributed by atoms with Crippen molar-refractivity contribution in [2.75, 3.05) is 12.3 Å². The minimum absolute atomic E-state index is 0.138. The van der Waals surface area contributed by atoms with Crippen molar-refractivity contribution in [3.63, 3.8) is 0 Å². The van der Waals surface area contributed by atoms with E-state index < -0.39 is 0 Å².